The van der Waals surface area contributed by atoms with Crippen molar-refractivity contribution in [2.24, 2.45) is 0 Å². The number of aromatic nitrogens is 1. The van der Waals surface area contributed by atoms with Gasteiger partial charge in [-0.2, -0.15) is 0 Å². The highest BCUT2D eigenvalue weighted by molar-refractivity contribution is 6.04. The molecule has 0 spiro atoms. The molecule has 2 rings (SSSR count). The van der Waals surface area contributed by atoms with E-state index in [0.717, 1.165) is 5.56 Å². The Balaban J connectivity index is 2.18. The van der Waals surface area contributed by atoms with E-state index in [2.05, 4.69) is 10.3 Å². The molecule has 0 unspecified atom stereocenters. The van der Waals surface area contributed by atoms with Crippen molar-refractivity contribution in [2.45, 2.75) is 6.92 Å². The second-order valence-corrected chi connectivity index (χ2v) is 3.76. The summed E-state index contributed by atoms with van der Waals surface area (Å²) in [5.41, 5.74) is 8.60. The fourth-order valence-corrected chi connectivity index (χ4v) is 1.42. The highest BCUT2D eigenvalue weighted by Crippen LogP contribution is 2.14. The van der Waals surface area contributed by atoms with Crippen molar-refractivity contribution in [2.75, 3.05) is 11.1 Å². The third-order valence-corrected chi connectivity index (χ3v) is 2.48. The van der Waals surface area contributed by atoms with Crippen LogP contribution in [0, 0.1) is 6.92 Å². The molecule has 1 aromatic heterocycles. The number of nitrogens with one attached hydrogen (secondary N) is 1. The first-order valence-electron chi connectivity index (χ1n) is 5.24. The average molecular weight is 227 g/mol. The Hall–Kier alpha value is -2.36. The number of amides is 1. The van der Waals surface area contributed by atoms with E-state index in [0.29, 0.717) is 16.9 Å². The minimum absolute atomic E-state index is 0.178. The lowest BCUT2D eigenvalue weighted by Gasteiger charge is -2.06. The molecule has 0 aliphatic heterocycles. The van der Waals surface area contributed by atoms with Crippen molar-refractivity contribution < 1.29 is 4.79 Å². The van der Waals surface area contributed by atoms with Crippen LogP contribution in [-0.4, -0.2) is 10.9 Å². The summed E-state index contributed by atoms with van der Waals surface area (Å²) in [6.07, 6.45) is 3.25. The zero-order chi connectivity index (χ0) is 12.3. The maximum atomic E-state index is 11.9. The number of nitrogens with zero attached hydrogens (tertiary/aromatic N) is 1. The number of hydrogen-bond acceptors (Lipinski definition) is 3. The molecule has 17 heavy (non-hydrogen) atoms. The van der Waals surface area contributed by atoms with Gasteiger partial charge in [-0.15, -0.1) is 0 Å². The van der Waals surface area contributed by atoms with Crippen LogP contribution in [0.15, 0.2) is 42.7 Å². The van der Waals surface area contributed by atoms with E-state index in [1.165, 1.54) is 0 Å². The van der Waals surface area contributed by atoms with Crippen LogP contribution in [0.4, 0.5) is 11.4 Å². The highest BCUT2D eigenvalue weighted by Gasteiger charge is 2.06. The lowest BCUT2D eigenvalue weighted by Crippen LogP contribution is -2.12. The molecule has 1 amide bonds. The van der Waals surface area contributed by atoms with Gasteiger partial charge in [0.25, 0.3) is 5.91 Å². The van der Waals surface area contributed by atoms with Crippen molar-refractivity contribution in [3.63, 3.8) is 0 Å². The minimum Gasteiger partial charge on any atom is -0.398 e. The number of anilines is 2. The Morgan fingerprint density at radius 3 is 2.59 bits per heavy atom. The van der Waals surface area contributed by atoms with Crippen molar-refractivity contribution >= 4 is 17.3 Å². The first-order valence-corrected chi connectivity index (χ1v) is 5.24. The molecule has 0 aliphatic rings. The Kier molecular flexibility index (Phi) is 3.05. The van der Waals surface area contributed by atoms with Crippen LogP contribution >= 0.6 is 0 Å². The number of benzene rings is 1. The van der Waals surface area contributed by atoms with E-state index in [-0.39, 0.29) is 5.91 Å². The number of aryl methyl sites for hydroxylation is 1. The predicted molar refractivity (Wildman–Crippen MR) is 67.8 cm³/mol. The van der Waals surface area contributed by atoms with E-state index in [1.807, 2.05) is 13.0 Å². The average Bonchev–Trinajstić information content (AvgIpc) is 2.34. The standard InChI is InChI=1S/C13H13N3O/c1-9-2-3-10(8-12(9)14)13(17)16-11-4-6-15-7-5-11/h2-8H,14H2,1H3,(H,15,16,17). The summed E-state index contributed by atoms with van der Waals surface area (Å²) in [5.74, 6) is -0.178. The van der Waals surface area contributed by atoms with Gasteiger partial charge < -0.3 is 11.1 Å². The van der Waals surface area contributed by atoms with Crippen LogP contribution in [0.2, 0.25) is 0 Å². The summed E-state index contributed by atoms with van der Waals surface area (Å²) in [5, 5.41) is 2.77. The Morgan fingerprint density at radius 1 is 1.24 bits per heavy atom. The largest absolute Gasteiger partial charge is 0.398 e. The number of hydrogen-bond donors (Lipinski definition) is 2. The molecule has 0 atom stereocenters. The topological polar surface area (TPSA) is 68.0 Å². The Morgan fingerprint density at radius 2 is 1.94 bits per heavy atom. The van der Waals surface area contributed by atoms with Crippen molar-refractivity contribution in [1.82, 2.24) is 4.98 Å². The third kappa shape index (κ3) is 2.60. The molecule has 4 nitrogen and oxygen atoms in total. The number of nitrogens with two attached hydrogens (primary N) is 1. The summed E-state index contributed by atoms with van der Waals surface area (Å²) >= 11 is 0. The van der Waals surface area contributed by atoms with Crippen LogP contribution in [0.5, 0.6) is 0 Å². The summed E-state index contributed by atoms with van der Waals surface area (Å²) < 4.78 is 0. The van der Waals surface area contributed by atoms with Crippen LogP contribution in [0.3, 0.4) is 0 Å². The predicted octanol–water partition coefficient (Wildman–Crippen LogP) is 2.22. The van der Waals surface area contributed by atoms with E-state index in [4.69, 9.17) is 5.73 Å². The van der Waals surface area contributed by atoms with Crippen LogP contribution in [-0.2, 0) is 0 Å². The monoisotopic (exact) mass is 227 g/mol. The molecule has 0 aliphatic carbocycles. The smallest absolute Gasteiger partial charge is 0.255 e. The zero-order valence-corrected chi connectivity index (χ0v) is 9.47. The van der Waals surface area contributed by atoms with Gasteiger partial charge in [-0.3, -0.25) is 9.78 Å². The zero-order valence-electron chi connectivity index (χ0n) is 9.47. The van der Waals surface area contributed by atoms with Gasteiger partial charge in [0.2, 0.25) is 0 Å². The summed E-state index contributed by atoms with van der Waals surface area (Å²) in [4.78, 5) is 15.8. The minimum atomic E-state index is -0.178. The number of carbonyl (C=O) groups is 1. The second kappa shape index (κ2) is 4.65. The molecule has 0 radical (unpaired) electrons. The number of carbonyl (C=O) groups excluding carboxylic acids is 1. The van der Waals surface area contributed by atoms with Crippen LogP contribution in [0.25, 0.3) is 0 Å². The van der Waals surface area contributed by atoms with Gasteiger partial charge in [0, 0.05) is 29.3 Å². The SMILES string of the molecule is Cc1ccc(C(=O)Nc2ccncc2)cc1N. The fraction of sp³-hybridized carbons (Fsp3) is 0.0769. The maximum absolute atomic E-state index is 11.9. The maximum Gasteiger partial charge on any atom is 0.255 e. The number of nitrogen functional groups attached to an aromatic ring is 1. The van der Waals surface area contributed by atoms with Gasteiger partial charge in [0.15, 0.2) is 0 Å². The van der Waals surface area contributed by atoms with Gasteiger partial charge in [0.1, 0.15) is 0 Å². The number of rotatable bonds is 2. The normalized spacial score (nSPS) is 9.94. The van der Waals surface area contributed by atoms with Gasteiger partial charge in [-0.25, -0.2) is 0 Å². The molecule has 3 N–H and O–H groups in total. The Labute approximate surface area is 99.5 Å². The fourth-order valence-electron chi connectivity index (χ4n) is 1.42. The van der Waals surface area contributed by atoms with Gasteiger partial charge in [0.05, 0.1) is 0 Å². The molecule has 86 valence electrons. The molecule has 2 aromatic rings. The molecule has 0 saturated carbocycles. The quantitative estimate of drug-likeness (QED) is 0.773. The molecule has 1 heterocycles. The summed E-state index contributed by atoms with van der Waals surface area (Å²) in [6.45, 7) is 1.90. The lowest BCUT2D eigenvalue weighted by molar-refractivity contribution is 0.102. The third-order valence-electron chi connectivity index (χ3n) is 2.48. The van der Waals surface area contributed by atoms with Gasteiger partial charge >= 0.3 is 0 Å². The summed E-state index contributed by atoms with van der Waals surface area (Å²) in [6, 6.07) is 8.72. The molecule has 0 fully saturated rings. The van der Waals surface area contributed by atoms with E-state index in [9.17, 15) is 4.79 Å². The van der Waals surface area contributed by atoms with Crippen LogP contribution in [0.1, 0.15) is 15.9 Å². The molecule has 0 saturated heterocycles. The first-order chi connectivity index (χ1) is 8.16. The van der Waals surface area contributed by atoms with Crippen molar-refractivity contribution in [1.29, 1.82) is 0 Å². The van der Waals surface area contributed by atoms with Gasteiger partial charge in [-0.05, 0) is 36.8 Å². The summed E-state index contributed by atoms with van der Waals surface area (Å²) in [7, 11) is 0. The van der Waals surface area contributed by atoms with E-state index in [1.54, 1.807) is 36.7 Å². The van der Waals surface area contributed by atoms with E-state index >= 15 is 0 Å². The van der Waals surface area contributed by atoms with Crippen LogP contribution < -0.4 is 11.1 Å². The highest BCUT2D eigenvalue weighted by atomic mass is 16.1. The van der Waals surface area contributed by atoms with E-state index < -0.39 is 0 Å². The second-order valence-electron chi connectivity index (χ2n) is 3.76. The van der Waals surface area contributed by atoms with Crippen molar-refractivity contribution in [3.8, 4) is 0 Å². The molecule has 4 heteroatoms. The van der Waals surface area contributed by atoms with Gasteiger partial charge in [-0.1, -0.05) is 6.07 Å². The Bertz CT molecular complexity index is 538. The van der Waals surface area contributed by atoms with Crippen molar-refractivity contribution in [3.05, 3.63) is 53.9 Å². The first kappa shape index (κ1) is 11.1. The molecule has 1 aromatic carbocycles. The lowest BCUT2D eigenvalue weighted by atomic mass is 10.1. The molecular formula is C13H13N3O. The number of pyridine rings is 1. The molecule has 0 bridgehead atoms. The molecular weight excluding hydrogens is 214 g/mol.